The summed E-state index contributed by atoms with van der Waals surface area (Å²) in [5.41, 5.74) is 2.48. The molecule has 0 aliphatic carbocycles. The molecule has 1 N–H and O–H groups in total. The average molecular weight is 348 g/mol. The largest absolute Gasteiger partial charge is 0.385 e. The zero-order chi connectivity index (χ0) is 15.2. The van der Waals surface area contributed by atoms with Crippen LogP contribution in [-0.4, -0.2) is 29.4 Å². The van der Waals surface area contributed by atoms with Gasteiger partial charge in [0, 0.05) is 37.0 Å². The molecule has 0 aliphatic rings. The fraction of sp³-hybridized carbons (Fsp3) is 0.250. The summed E-state index contributed by atoms with van der Waals surface area (Å²) in [5.74, 6) is -0.0465. The van der Waals surface area contributed by atoms with E-state index < -0.39 is 0 Å². The number of pyridine rings is 1. The van der Waals surface area contributed by atoms with Crippen molar-refractivity contribution in [3.8, 4) is 0 Å². The lowest BCUT2D eigenvalue weighted by molar-refractivity contribution is 0.0785. The van der Waals surface area contributed by atoms with Crippen LogP contribution in [0.3, 0.4) is 0 Å². The molecular weight excluding hydrogens is 330 g/mol. The zero-order valence-electron chi connectivity index (χ0n) is 12.1. The number of anilines is 1. The number of carbonyl (C=O) groups excluding carboxylic acids is 1. The lowest BCUT2D eigenvalue weighted by atomic mass is 10.1. The Bertz CT molecular complexity index is 630. The molecule has 0 fully saturated rings. The minimum Gasteiger partial charge on any atom is -0.385 e. The summed E-state index contributed by atoms with van der Waals surface area (Å²) in [5, 5.41) is 3.19. The molecule has 1 amide bonds. The normalized spacial score (nSPS) is 10.2. The van der Waals surface area contributed by atoms with Gasteiger partial charge in [-0.05, 0) is 24.6 Å². The van der Waals surface area contributed by atoms with Crippen molar-refractivity contribution in [2.45, 2.75) is 13.5 Å². The van der Waals surface area contributed by atoms with Crippen LogP contribution in [0.1, 0.15) is 22.8 Å². The summed E-state index contributed by atoms with van der Waals surface area (Å²) in [6.07, 6.45) is 3.29. The first-order valence-electron chi connectivity index (χ1n) is 6.80. The van der Waals surface area contributed by atoms with Gasteiger partial charge >= 0.3 is 0 Å². The molecule has 0 saturated heterocycles. The van der Waals surface area contributed by atoms with E-state index in [4.69, 9.17) is 0 Å². The molecule has 0 radical (unpaired) electrons. The third-order valence-corrected chi connectivity index (χ3v) is 3.90. The number of hydrogen-bond acceptors (Lipinski definition) is 3. The Labute approximate surface area is 133 Å². The van der Waals surface area contributed by atoms with Gasteiger partial charge in [-0.1, -0.05) is 34.1 Å². The highest BCUT2D eigenvalue weighted by molar-refractivity contribution is 9.10. The molecule has 110 valence electrons. The minimum absolute atomic E-state index is 0.0465. The second kappa shape index (κ2) is 7.22. The van der Waals surface area contributed by atoms with Gasteiger partial charge in [0.15, 0.2) is 0 Å². The molecule has 0 bridgehead atoms. The number of aromatic nitrogens is 1. The Balaban J connectivity index is 2.18. The van der Waals surface area contributed by atoms with Crippen molar-refractivity contribution in [3.63, 3.8) is 0 Å². The minimum atomic E-state index is -0.0465. The van der Waals surface area contributed by atoms with Crippen LogP contribution in [0, 0.1) is 0 Å². The topological polar surface area (TPSA) is 45.2 Å². The van der Waals surface area contributed by atoms with Crippen LogP contribution in [0.5, 0.6) is 0 Å². The molecule has 0 unspecified atom stereocenters. The van der Waals surface area contributed by atoms with Gasteiger partial charge in [-0.2, -0.15) is 0 Å². The molecule has 0 atom stereocenters. The first-order chi connectivity index (χ1) is 10.1. The van der Waals surface area contributed by atoms with Crippen LogP contribution in [0.2, 0.25) is 0 Å². The highest BCUT2D eigenvalue weighted by Gasteiger charge is 2.16. The maximum atomic E-state index is 12.6. The van der Waals surface area contributed by atoms with E-state index in [0.717, 1.165) is 22.3 Å². The Morgan fingerprint density at radius 3 is 2.81 bits per heavy atom. The SMILES string of the molecule is CCNc1ccncc1C(=O)N(C)Cc1ccccc1Br. The number of rotatable bonds is 5. The molecule has 1 heterocycles. The third kappa shape index (κ3) is 3.82. The summed E-state index contributed by atoms with van der Waals surface area (Å²) in [4.78, 5) is 18.3. The quantitative estimate of drug-likeness (QED) is 0.899. The van der Waals surface area contributed by atoms with Gasteiger partial charge in [-0.25, -0.2) is 0 Å². The summed E-state index contributed by atoms with van der Waals surface area (Å²) in [6, 6.07) is 9.72. The van der Waals surface area contributed by atoms with Crippen molar-refractivity contribution in [1.82, 2.24) is 9.88 Å². The van der Waals surface area contributed by atoms with Gasteiger partial charge in [0.25, 0.3) is 5.91 Å². The van der Waals surface area contributed by atoms with Crippen molar-refractivity contribution in [2.75, 3.05) is 18.9 Å². The van der Waals surface area contributed by atoms with E-state index in [1.807, 2.05) is 37.3 Å². The van der Waals surface area contributed by atoms with E-state index in [1.165, 1.54) is 0 Å². The lowest BCUT2D eigenvalue weighted by Crippen LogP contribution is -2.27. The van der Waals surface area contributed by atoms with Crippen LogP contribution in [-0.2, 0) is 6.54 Å². The fourth-order valence-corrected chi connectivity index (χ4v) is 2.48. The van der Waals surface area contributed by atoms with Crippen LogP contribution in [0.15, 0.2) is 47.2 Å². The molecule has 4 nitrogen and oxygen atoms in total. The van der Waals surface area contributed by atoms with E-state index in [2.05, 4.69) is 26.2 Å². The molecular formula is C16H18BrN3O. The van der Waals surface area contributed by atoms with E-state index in [0.29, 0.717) is 12.1 Å². The van der Waals surface area contributed by atoms with Gasteiger partial charge in [0.05, 0.1) is 11.3 Å². The summed E-state index contributed by atoms with van der Waals surface area (Å²) in [6.45, 7) is 3.30. The van der Waals surface area contributed by atoms with Crippen molar-refractivity contribution < 1.29 is 4.79 Å². The standard InChI is InChI=1S/C16H18BrN3O/c1-3-19-15-8-9-18-10-13(15)16(21)20(2)11-12-6-4-5-7-14(12)17/h4-10H,3,11H2,1-2H3,(H,18,19). The maximum Gasteiger partial charge on any atom is 0.257 e. The Hall–Kier alpha value is -1.88. The molecule has 1 aromatic carbocycles. The molecule has 2 aromatic rings. The molecule has 21 heavy (non-hydrogen) atoms. The van der Waals surface area contributed by atoms with Gasteiger partial charge in [-0.3, -0.25) is 9.78 Å². The number of hydrogen-bond donors (Lipinski definition) is 1. The predicted molar refractivity (Wildman–Crippen MR) is 88.3 cm³/mol. The number of carbonyl (C=O) groups is 1. The van der Waals surface area contributed by atoms with E-state index >= 15 is 0 Å². The molecule has 1 aromatic heterocycles. The van der Waals surface area contributed by atoms with Gasteiger partial charge in [0.2, 0.25) is 0 Å². The zero-order valence-corrected chi connectivity index (χ0v) is 13.7. The van der Waals surface area contributed by atoms with Gasteiger partial charge in [0.1, 0.15) is 0 Å². The van der Waals surface area contributed by atoms with Crippen molar-refractivity contribution in [1.29, 1.82) is 0 Å². The van der Waals surface area contributed by atoms with Crippen LogP contribution in [0.4, 0.5) is 5.69 Å². The fourth-order valence-electron chi connectivity index (χ4n) is 2.07. The Morgan fingerprint density at radius 2 is 2.10 bits per heavy atom. The highest BCUT2D eigenvalue weighted by atomic mass is 79.9. The smallest absolute Gasteiger partial charge is 0.257 e. The Kier molecular flexibility index (Phi) is 5.33. The second-order valence-electron chi connectivity index (χ2n) is 4.70. The molecule has 0 spiro atoms. The summed E-state index contributed by atoms with van der Waals surface area (Å²) >= 11 is 3.51. The lowest BCUT2D eigenvalue weighted by Gasteiger charge is -2.19. The number of amides is 1. The Morgan fingerprint density at radius 1 is 1.33 bits per heavy atom. The second-order valence-corrected chi connectivity index (χ2v) is 5.56. The van der Waals surface area contributed by atoms with Gasteiger partial charge in [-0.15, -0.1) is 0 Å². The monoisotopic (exact) mass is 347 g/mol. The van der Waals surface area contributed by atoms with Crippen LogP contribution >= 0.6 is 15.9 Å². The molecule has 0 saturated carbocycles. The molecule has 5 heteroatoms. The van der Waals surface area contributed by atoms with Crippen molar-refractivity contribution in [2.24, 2.45) is 0 Å². The highest BCUT2D eigenvalue weighted by Crippen LogP contribution is 2.20. The number of nitrogens with one attached hydrogen (secondary N) is 1. The first-order valence-corrected chi connectivity index (χ1v) is 7.59. The maximum absolute atomic E-state index is 12.6. The van der Waals surface area contributed by atoms with E-state index in [9.17, 15) is 4.79 Å². The molecule has 2 rings (SSSR count). The van der Waals surface area contributed by atoms with Gasteiger partial charge < -0.3 is 10.2 Å². The number of halogens is 1. The third-order valence-electron chi connectivity index (χ3n) is 3.13. The number of benzene rings is 1. The summed E-state index contributed by atoms with van der Waals surface area (Å²) < 4.78 is 1.00. The average Bonchev–Trinajstić information content (AvgIpc) is 2.50. The van der Waals surface area contributed by atoms with Crippen LogP contribution in [0.25, 0.3) is 0 Å². The summed E-state index contributed by atoms with van der Waals surface area (Å²) in [7, 11) is 1.80. The van der Waals surface area contributed by atoms with Crippen LogP contribution < -0.4 is 5.32 Å². The number of nitrogens with zero attached hydrogens (tertiary/aromatic N) is 2. The van der Waals surface area contributed by atoms with E-state index in [-0.39, 0.29) is 5.91 Å². The first kappa shape index (κ1) is 15.5. The van der Waals surface area contributed by atoms with Crippen molar-refractivity contribution in [3.05, 3.63) is 58.3 Å². The predicted octanol–water partition coefficient (Wildman–Crippen LogP) is 3.55. The molecule has 0 aliphatic heterocycles. The van der Waals surface area contributed by atoms with Crippen molar-refractivity contribution >= 4 is 27.5 Å². The van der Waals surface area contributed by atoms with E-state index in [1.54, 1.807) is 24.3 Å².